The smallest absolute Gasteiger partial charge is 0.400 e. The molecule has 1 aliphatic heterocycles. The Morgan fingerprint density at radius 2 is 1.64 bits per heavy atom. The van der Waals surface area contributed by atoms with Gasteiger partial charge in [-0.25, -0.2) is 8.78 Å². The molecular weight excluding hydrogens is 307 g/mol. The Kier molecular flexibility index (Phi) is 4.62. The zero-order chi connectivity index (χ0) is 16.7. The largest absolute Gasteiger partial charge is 0.491 e. The van der Waals surface area contributed by atoms with Gasteiger partial charge in [0.15, 0.2) is 0 Å². The Balaban J connectivity index is 2.38. The second kappa shape index (κ2) is 5.87. The highest BCUT2D eigenvalue weighted by Crippen LogP contribution is 2.39. The van der Waals surface area contributed by atoms with Gasteiger partial charge >= 0.3 is 7.12 Å². The topological polar surface area (TPSA) is 44.5 Å². The van der Waals surface area contributed by atoms with Crippen molar-refractivity contribution in [2.24, 2.45) is 0 Å². The van der Waals surface area contributed by atoms with E-state index in [1.54, 1.807) is 0 Å². The number of hydrogen-bond donors (Lipinski definition) is 2. The third-order valence-electron chi connectivity index (χ3n) is 4.17. The Morgan fingerprint density at radius 3 is 2.05 bits per heavy atom. The molecule has 0 saturated carbocycles. The second-order valence-electron chi connectivity index (χ2n) is 6.36. The number of nitrogens with two attached hydrogens (primary N) is 1. The summed E-state index contributed by atoms with van der Waals surface area (Å²) in [5.41, 5.74) is 4.77. The predicted molar refractivity (Wildman–Crippen MR) is 88.7 cm³/mol. The summed E-state index contributed by atoms with van der Waals surface area (Å²) < 4.78 is 39.6. The SMILES string of the molecule is CC1(C)OB(C(=Cc2c(F)cc(N)cc2F)CS)OC1(C)C. The third kappa shape index (κ3) is 3.16. The number of benzene rings is 1. The minimum atomic E-state index is -0.728. The molecule has 120 valence electrons. The molecule has 7 heteroatoms. The maximum absolute atomic E-state index is 13.9. The van der Waals surface area contributed by atoms with Gasteiger partial charge in [-0.3, -0.25) is 0 Å². The Morgan fingerprint density at radius 1 is 1.18 bits per heavy atom. The summed E-state index contributed by atoms with van der Waals surface area (Å²) in [5, 5.41) is 0. The molecule has 0 aliphatic carbocycles. The van der Waals surface area contributed by atoms with Crippen LogP contribution in [0.1, 0.15) is 33.3 Å². The molecule has 1 aromatic rings. The van der Waals surface area contributed by atoms with E-state index in [0.717, 1.165) is 12.1 Å². The van der Waals surface area contributed by atoms with Gasteiger partial charge in [-0.2, -0.15) is 12.6 Å². The molecule has 2 rings (SSSR count). The van der Waals surface area contributed by atoms with Crippen LogP contribution in [0.25, 0.3) is 6.08 Å². The molecule has 1 fully saturated rings. The monoisotopic (exact) mass is 327 g/mol. The lowest BCUT2D eigenvalue weighted by Gasteiger charge is -2.32. The Bertz CT molecular complexity index is 581. The molecule has 0 bridgehead atoms. The average molecular weight is 327 g/mol. The summed E-state index contributed by atoms with van der Waals surface area (Å²) >= 11 is 4.23. The molecule has 1 aromatic carbocycles. The van der Waals surface area contributed by atoms with E-state index in [0.29, 0.717) is 5.47 Å². The first-order chi connectivity index (χ1) is 10.1. The van der Waals surface area contributed by atoms with Crippen molar-refractivity contribution in [2.45, 2.75) is 38.9 Å². The van der Waals surface area contributed by atoms with Crippen LogP contribution in [0.15, 0.2) is 17.6 Å². The fourth-order valence-corrected chi connectivity index (χ4v) is 2.35. The molecule has 0 aromatic heterocycles. The lowest BCUT2D eigenvalue weighted by atomic mass is 9.78. The van der Waals surface area contributed by atoms with Crippen molar-refractivity contribution < 1.29 is 18.1 Å². The number of halogens is 2. The molecular formula is C15H20BF2NO2S. The second-order valence-corrected chi connectivity index (χ2v) is 6.68. The fraction of sp³-hybridized carbons (Fsp3) is 0.467. The van der Waals surface area contributed by atoms with Gasteiger partial charge in [-0.15, -0.1) is 0 Å². The molecule has 1 aliphatic rings. The van der Waals surface area contributed by atoms with Crippen LogP contribution in [-0.4, -0.2) is 24.1 Å². The molecule has 0 amide bonds. The maximum Gasteiger partial charge on any atom is 0.491 e. The van der Waals surface area contributed by atoms with Gasteiger partial charge in [0.1, 0.15) is 11.6 Å². The quantitative estimate of drug-likeness (QED) is 0.507. The fourth-order valence-electron chi connectivity index (χ4n) is 2.11. The summed E-state index contributed by atoms with van der Waals surface area (Å²) in [5.74, 6) is -1.21. The molecule has 0 atom stereocenters. The standard InChI is InChI=1S/C15H20BF2NO2S/c1-14(2)15(3,4)21-16(20-14)9(8-22)5-11-12(17)6-10(19)7-13(11)18/h5-7,22H,8,19H2,1-4H3. The summed E-state index contributed by atoms with van der Waals surface area (Å²) in [6, 6.07) is 2.16. The number of anilines is 1. The highest BCUT2D eigenvalue weighted by atomic mass is 32.1. The van der Waals surface area contributed by atoms with Gasteiger partial charge in [-0.1, -0.05) is 6.08 Å². The van der Waals surface area contributed by atoms with E-state index >= 15 is 0 Å². The van der Waals surface area contributed by atoms with E-state index in [4.69, 9.17) is 15.0 Å². The summed E-state index contributed by atoms with van der Waals surface area (Å²) in [7, 11) is -0.696. The highest BCUT2D eigenvalue weighted by Gasteiger charge is 2.52. The number of hydrogen-bond acceptors (Lipinski definition) is 4. The van der Waals surface area contributed by atoms with Gasteiger partial charge in [-0.05, 0) is 45.3 Å². The van der Waals surface area contributed by atoms with Crippen LogP contribution < -0.4 is 5.73 Å². The molecule has 3 nitrogen and oxygen atoms in total. The van der Waals surface area contributed by atoms with Gasteiger partial charge in [0.25, 0.3) is 0 Å². The molecule has 22 heavy (non-hydrogen) atoms. The van der Waals surface area contributed by atoms with E-state index in [2.05, 4.69) is 12.6 Å². The van der Waals surface area contributed by atoms with Crippen molar-refractivity contribution in [2.75, 3.05) is 11.5 Å². The first-order valence-electron chi connectivity index (χ1n) is 6.99. The van der Waals surface area contributed by atoms with Crippen molar-refractivity contribution in [3.8, 4) is 0 Å². The van der Waals surface area contributed by atoms with Gasteiger partial charge in [0.05, 0.1) is 11.2 Å². The van der Waals surface area contributed by atoms with Crippen LogP contribution in [0.4, 0.5) is 14.5 Å². The van der Waals surface area contributed by atoms with Crippen molar-refractivity contribution >= 4 is 31.5 Å². The normalized spacial score (nSPS) is 20.5. The zero-order valence-electron chi connectivity index (χ0n) is 13.1. The van der Waals surface area contributed by atoms with Crippen LogP contribution in [0.5, 0.6) is 0 Å². The van der Waals surface area contributed by atoms with E-state index in [1.807, 2.05) is 27.7 Å². The molecule has 1 heterocycles. The van der Waals surface area contributed by atoms with Gasteiger partial charge in [0, 0.05) is 17.0 Å². The third-order valence-corrected chi connectivity index (χ3v) is 4.53. The number of thiol groups is 1. The van der Waals surface area contributed by atoms with E-state index in [9.17, 15) is 8.78 Å². The Labute approximate surface area is 135 Å². The molecule has 1 saturated heterocycles. The average Bonchev–Trinajstić information content (AvgIpc) is 2.57. The van der Waals surface area contributed by atoms with Crippen molar-refractivity contribution in [1.82, 2.24) is 0 Å². The predicted octanol–water partition coefficient (Wildman–Crippen LogP) is 3.49. The number of nitrogen functional groups attached to an aromatic ring is 1. The van der Waals surface area contributed by atoms with Crippen molar-refractivity contribution in [3.63, 3.8) is 0 Å². The van der Waals surface area contributed by atoms with Crippen LogP contribution in [0, 0.1) is 11.6 Å². The van der Waals surface area contributed by atoms with Crippen molar-refractivity contribution in [1.29, 1.82) is 0 Å². The summed E-state index contributed by atoms with van der Waals surface area (Å²) in [6.07, 6.45) is 1.37. The van der Waals surface area contributed by atoms with E-state index in [-0.39, 0.29) is 17.0 Å². The molecule has 2 N–H and O–H groups in total. The zero-order valence-corrected chi connectivity index (χ0v) is 14.0. The molecule has 0 spiro atoms. The van der Waals surface area contributed by atoms with E-state index in [1.165, 1.54) is 6.08 Å². The first-order valence-corrected chi connectivity index (χ1v) is 7.62. The summed E-state index contributed by atoms with van der Waals surface area (Å²) in [4.78, 5) is 0. The van der Waals surface area contributed by atoms with Gasteiger partial charge < -0.3 is 15.0 Å². The maximum atomic E-state index is 13.9. The summed E-state index contributed by atoms with van der Waals surface area (Å²) in [6.45, 7) is 7.64. The van der Waals surface area contributed by atoms with Crippen LogP contribution in [0.2, 0.25) is 0 Å². The van der Waals surface area contributed by atoms with Crippen LogP contribution >= 0.6 is 12.6 Å². The molecule has 0 unspecified atom stereocenters. The lowest BCUT2D eigenvalue weighted by Crippen LogP contribution is -2.41. The van der Waals surface area contributed by atoms with Crippen LogP contribution in [-0.2, 0) is 9.31 Å². The Hall–Kier alpha value is -1.05. The number of rotatable bonds is 3. The van der Waals surface area contributed by atoms with Crippen molar-refractivity contribution in [3.05, 3.63) is 34.8 Å². The van der Waals surface area contributed by atoms with E-state index < -0.39 is 30.0 Å². The lowest BCUT2D eigenvalue weighted by molar-refractivity contribution is 0.00578. The minimum Gasteiger partial charge on any atom is -0.400 e. The molecule has 0 radical (unpaired) electrons. The van der Waals surface area contributed by atoms with Gasteiger partial charge in [0.2, 0.25) is 0 Å². The van der Waals surface area contributed by atoms with Crippen LogP contribution in [0.3, 0.4) is 0 Å². The minimum absolute atomic E-state index is 0.0372. The highest BCUT2D eigenvalue weighted by molar-refractivity contribution is 7.80. The first kappa shape index (κ1) is 17.3.